The van der Waals surface area contributed by atoms with Gasteiger partial charge < -0.3 is 10.4 Å². The number of hydrogen-bond donors (Lipinski definition) is 2. The summed E-state index contributed by atoms with van der Waals surface area (Å²) in [6, 6.07) is 7.97. The number of benzene rings is 1. The van der Waals surface area contributed by atoms with Crippen molar-refractivity contribution in [1.29, 1.82) is 0 Å². The second-order valence-corrected chi connectivity index (χ2v) is 5.45. The van der Waals surface area contributed by atoms with Gasteiger partial charge in [-0.05, 0) is 33.6 Å². The van der Waals surface area contributed by atoms with Crippen LogP contribution in [0.4, 0.5) is 5.69 Å². The summed E-state index contributed by atoms with van der Waals surface area (Å²) in [4.78, 5) is 27.0. The van der Waals surface area contributed by atoms with Crippen molar-refractivity contribution < 1.29 is 14.7 Å². The van der Waals surface area contributed by atoms with E-state index in [1.165, 1.54) is 12.3 Å². The maximum atomic E-state index is 12.0. The number of carbonyl (C=O) groups excluding carboxylic acids is 1. The molecule has 1 aromatic carbocycles. The summed E-state index contributed by atoms with van der Waals surface area (Å²) in [7, 11) is 0. The van der Waals surface area contributed by atoms with Crippen molar-refractivity contribution in [1.82, 2.24) is 4.98 Å². The third-order valence-electron chi connectivity index (χ3n) is 2.68. The normalized spacial score (nSPS) is 10.2. The van der Waals surface area contributed by atoms with Crippen LogP contribution in [0.3, 0.4) is 0 Å². The van der Waals surface area contributed by atoms with Crippen molar-refractivity contribution in [3.8, 4) is 0 Å². The van der Waals surface area contributed by atoms with Crippen LogP contribution in [0.2, 0.25) is 5.15 Å². The Kier molecular flexibility index (Phi) is 4.93. The molecule has 0 spiro atoms. The van der Waals surface area contributed by atoms with Crippen LogP contribution in [0, 0.1) is 0 Å². The molecule has 2 N–H and O–H groups in total. The van der Waals surface area contributed by atoms with Crippen LogP contribution in [-0.4, -0.2) is 22.0 Å². The minimum atomic E-state index is -1.07. The summed E-state index contributed by atoms with van der Waals surface area (Å²) in [5.41, 5.74) is 0.900. The van der Waals surface area contributed by atoms with Gasteiger partial charge >= 0.3 is 5.97 Å². The number of carboxylic acid groups (broad SMARTS) is 1. The van der Waals surface area contributed by atoms with E-state index in [2.05, 4.69) is 26.2 Å². The van der Waals surface area contributed by atoms with Gasteiger partial charge in [0.1, 0.15) is 0 Å². The lowest BCUT2D eigenvalue weighted by Gasteiger charge is -2.08. The average molecular weight is 370 g/mol. The third-order valence-corrected chi connectivity index (χ3v) is 3.41. The highest BCUT2D eigenvalue weighted by Gasteiger charge is 2.13. The molecule has 0 saturated carbocycles. The van der Waals surface area contributed by atoms with Crippen molar-refractivity contribution in [3.63, 3.8) is 0 Å². The largest absolute Gasteiger partial charge is 0.478 e. The van der Waals surface area contributed by atoms with Crippen LogP contribution in [0.1, 0.15) is 15.9 Å². The van der Waals surface area contributed by atoms with Crippen LogP contribution < -0.4 is 5.32 Å². The number of halogens is 2. The van der Waals surface area contributed by atoms with E-state index in [0.29, 0.717) is 15.7 Å². The fraction of sp³-hybridized carbons (Fsp3) is 0.0714. The summed E-state index contributed by atoms with van der Waals surface area (Å²) in [5, 5.41) is 11.9. The van der Waals surface area contributed by atoms with E-state index >= 15 is 0 Å². The molecule has 0 radical (unpaired) electrons. The first-order valence-corrected chi connectivity index (χ1v) is 7.06. The lowest BCUT2D eigenvalue weighted by molar-refractivity contribution is -0.115. The summed E-state index contributed by atoms with van der Waals surface area (Å²) in [6.07, 6.45) is 1.45. The zero-order valence-corrected chi connectivity index (χ0v) is 13.0. The number of nitrogens with zero attached hydrogens (tertiary/aromatic N) is 1. The maximum Gasteiger partial charge on any atom is 0.335 e. The molecule has 0 aliphatic carbocycles. The van der Waals surface area contributed by atoms with E-state index in [1.54, 1.807) is 24.3 Å². The van der Waals surface area contributed by atoms with Crippen molar-refractivity contribution in [2.75, 3.05) is 5.32 Å². The van der Waals surface area contributed by atoms with Crippen molar-refractivity contribution in [3.05, 3.63) is 57.3 Å². The first-order valence-electron chi connectivity index (χ1n) is 5.89. The van der Waals surface area contributed by atoms with Gasteiger partial charge in [-0.25, -0.2) is 9.78 Å². The van der Waals surface area contributed by atoms with Crippen molar-refractivity contribution >= 4 is 45.1 Å². The van der Waals surface area contributed by atoms with Gasteiger partial charge in [0.25, 0.3) is 0 Å². The van der Waals surface area contributed by atoms with Gasteiger partial charge in [-0.2, -0.15) is 0 Å². The lowest BCUT2D eigenvalue weighted by Crippen LogP contribution is -2.17. The highest BCUT2D eigenvalue weighted by atomic mass is 79.9. The predicted molar refractivity (Wildman–Crippen MR) is 82.7 cm³/mol. The lowest BCUT2D eigenvalue weighted by atomic mass is 10.0. The quantitative estimate of drug-likeness (QED) is 0.810. The number of carbonyl (C=O) groups is 2. The van der Waals surface area contributed by atoms with Gasteiger partial charge in [-0.3, -0.25) is 4.79 Å². The van der Waals surface area contributed by atoms with Gasteiger partial charge in [0.05, 0.1) is 17.7 Å². The molecular weight excluding hydrogens is 360 g/mol. The van der Waals surface area contributed by atoms with Crippen molar-refractivity contribution in [2.24, 2.45) is 0 Å². The first kappa shape index (κ1) is 15.5. The standard InChI is InChI=1S/C14H10BrClN2O3/c15-9-6-11(13(16)17-7-9)18-12(19)5-8-3-1-2-4-10(8)14(20)21/h1-4,6-7H,5H2,(H,18,19)(H,20,21). The van der Waals surface area contributed by atoms with Crippen LogP contribution in [0.25, 0.3) is 0 Å². The molecule has 0 unspecified atom stereocenters. The zero-order chi connectivity index (χ0) is 15.4. The van der Waals surface area contributed by atoms with E-state index in [1.807, 2.05) is 0 Å². The van der Waals surface area contributed by atoms with Crippen LogP contribution in [0.5, 0.6) is 0 Å². The number of nitrogens with one attached hydrogen (secondary N) is 1. The molecule has 1 heterocycles. The number of aromatic nitrogens is 1. The molecule has 5 nitrogen and oxygen atoms in total. The number of rotatable bonds is 4. The number of pyridine rings is 1. The highest BCUT2D eigenvalue weighted by Crippen LogP contribution is 2.23. The Balaban J connectivity index is 2.16. The highest BCUT2D eigenvalue weighted by molar-refractivity contribution is 9.10. The number of aromatic carboxylic acids is 1. The molecule has 0 saturated heterocycles. The van der Waals surface area contributed by atoms with Gasteiger partial charge in [-0.15, -0.1) is 0 Å². The van der Waals surface area contributed by atoms with Crippen LogP contribution in [-0.2, 0) is 11.2 Å². The fourth-order valence-electron chi connectivity index (χ4n) is 1.76. The molecule has 1 aromatic heterocycles. The van der Waals surface area contributed by atoms with Crippen LogP contribution >= 0.6 is 27.5 Å². The number of amides is 1. The zero-order valence-electron chi connectivity index (χ0n) is 10.6. The maximum absolute atomic E-state index is 12.0. The third kappa shape index (κ3) is 4.03. The SMILES string of the molecule is O=C(Cc1ccccc1C(=O)O)Nc1cc(Br)cnc1Cl. The number of hydrogen-bond acceptors (Lipinski definition) is 3. The molecule has 0 fully saturated rings. The van der Waals surface area contributed by atoms with E-state index in [-0.39, 0.29) is 23.0 Å². The summed E-state index contributed by atoms with van der Waals surface area (Å²) < 4.78 is 0.674. The Labute approximate surface area is 134 Å². The van der Waals surface area contributed by atoms with Gasteiger partial charge in [-0.1, -0.05) is 29.8 Å². The topological polar surface area (TPSA) is 79.3 Å². The Morgan fingerprint density at radius 3 is 2.76 bits per heavy atom. The summed E-state index contributed by atoms with van der Waals surface area (Å²) in [6.45, 7) is 0. The first-order chi connectivity index (χ1) is 9.97. The number of anilines is 1. The van der Waals surface area contributed by atoms with E-state index in [4.69, 9.17) is 16.7 Å². The van der Waals surface area contributed by atoms with Gasteiger partial charge in [0, 0.05) is 10.7 Å². The minimum absolute atomic E-state index is 0.0642. The molecular formula is C14H10BrClN2O3. The molecule has 2 aromatic rings. The molecule has 108 valence electrons. The minimum Gasteiger partial charge on any atom is -0.478 e. The van der Waals surface area contributed by atoms with Gasteiger partial charge in [0.2, 0.25) is 5.91 Å². The second kappa shape index (κ2) is 6.69. The van der Waals surface area contributed by atoms with E-state index < -0.39 is 5.97 Å². The summed E-state index contributed by atoms with van der Waals surface area (Å²) in [5.74, 6) is -1.44. The van der Waals surface area contributed by atoms with Crippen molar-refractivity contribution in [2.45, 2.75) is 6.42 Å². The average Bonchev–Trinajstić information content (AvgIpc) is 2.43. The Morgan fingerprint density at radius 2 is 2.05 bits per heavy atom. The predicted octanol–water partition coefficient (Wildman–Crippen LogP) is 3.38. The molecule has 0 atom stereocenters. The van der Waals surface area contributed by atoms with Gasteiger partial charge in [0.15, 0.2) is 5.15 Å². The van der Waals surface area contributed by atoms with E-state index in [0.717, 1.165) is 0 Å². The molecule has 21 heavy (non-hydrogen) atoms. The monoisotopic (exact) mass is 368 g/mol. The van der Waals surface area contributed by atoms with E-state index in [9.17, 15) is 9.59 Å². The molecule has 2 rings (SSSR count). The molecule has 0 bridgehead atoms. The summed E-state index contributed by atoms with van der Waals surface area (Å²) >= 11 is 9.12. The molecule has 1 amide bonds. The number of carboxylic acids is 1. The Bertz CT molecular complexity index is 706. The second-order valence-electron chi connectivity index (χ2n) is 4.18. The molecule has 0 aliphatic heterocycles. The molecule has 0 aliphatic rings. The molecule has 7 heteroatoms. The Morgan fingerprint density at radius 1 is 1.33 bits per heavy atom. The van der Waals surface area contributed by atoms with Crippen LogP contribution in [0.15, 0.2) is 41.0 Å². The smallest absolute Gasteiger partial charge is 0.335 e. The fourth-order valence-corrected chi connectivity index (χ4v) is 2.24. The Hall–Kier alpha value is -1.92.